The lowest BCUT2D eigenvalue weighted by Crippen LogP contribution is -2.42. The molecule has 1 aliphatic carbocycles. The molecule has 0 aromatic heterocycles. The number of methoxy groups -OCH3 is 1. The van der Waals surface area contributed by atoms with Gasteiger partial charge >= 0.3 is 0 Å². The molecule has 3 atom stereocenters. The van der Waals surface area contributed by atoms with Crippen LogP contribution >= 0.6 is 0 Å². The largest absolute Gasteiger partial charge is 0.384 e. The molecule has 0 aromatic rings. The van der Waals surface area contributed by atoms with Crippen molar-refractivity contribution in [3.63, 3.8) is 0 Å². The predicted octanol–water partition coefficient (Wildman–Crippen LogP) is 0.609. The Hall–Kier alpha value is -0.610. The van der Waals surface area contributed by atoms with Crippen molar-refractivity contribution in [3.05, 3.63) is 0 Å². The lowest BCUT2D eigenvalue weighted by molar-refractivity contribution is -0.131. The van der Waals surface area contributed by atoms with Crippen LogP contribution in [0.15, 0.2) is 0 Å². The first kappa shape index (κ1) is 11.9. The minimum absolute atomic E-state index is 0.0879. The van der Waals surface area contributed by atoms with Crippen LogP contribution in [0.1, 0.15) is 26.2 Å². The van der Waals surface area contributed by atoms with Crippen molar-refractivity contribution in [3.8, 4) is 0 Å². The van der Waals surface area contributed by atoms with Crippen LogP contribution in [0, 0.1) is 11.3 Å². The SMILES string of the molecule is COC[C@]12CCC[C@@H]1CN(C(=O)[C@H](C)N)C2. The fourth-order valence-electron chi connectivity index (χ4n) is 3.39. The lowest BCUT2D eigenvalue weighted by atomic mass is 9.82. The summed E-state index contributed by atoms with van der Waals surface area (Å²) in [5.74, 6) is 0.708. The maximum Gasteiger partial charge on any atom is 0.239 e. The second kappa shape index (κ2) is 4.34. The van der Waals surface area contributed by atoms with Crippen molar-refractivity contribution in [2.24, 2.45) is 17.1 Å². The quantitative estimate of drug-likeness (QED) is 0.767. The second-order valence-electron chi connectivity index (χ2n) is 5.39. The molecule has 0 radical (unpaired) electrons. The van der Waals surface area contributed by atoms with Gasteiger partial charge in [0.2, 0.25) is 5.91 Å². The van der Waals surface area contributed by atoms with E-state index in [1.807, 2.05) is 4.90 Å². The number of hydrogen-bond donors (Lipinski definition) is 1. The zero-order valence-corrected chi connectivity index (χ0v) is 10.2. The van der Waals surface area contributed by atoms with Gasteiger partial charge in [-0.1, -0.05) is 6.42 Å². The van der Waals surface area contributed by atoms with Gasteiger partial charge in [-0.15, -0.1) is 0 Å². The number of carbonyl (C=O) groups excluding carboxylic acids is 1. The number of fused-ring (bicyclic) bond motifs is 1. The van der Waals surface area contributed by atoms with Gasteiger partial charge in [-0.25, -0.2) is 0 Å². The molecule has 2 rings (SSSR count). The van der Waals surface area contributed by atoms with Gasteiger partial charge in [0.1, 0.15) is 0 Å². The van der Waals surface area contributed by atoms with Crippen LogP contribution < -0.4 is 5.73 Å². The average Bonchev–Trinajstić information content (AvgIpc) is 2.73. The van der Waals surface area contributed by atoms with E-state index >= 15 is 0 Å². The third kappa shape index (κ3) is 1.84. The van der Waals surface area contributed by atoms with Crippen LogP contribution in [0.25, 0.3) is 0 Å². The average molecular weight is 226 g/mol. The number of nitrogens with two attached hydrogens (primary N) is 1. The molecule has 16 heavy (non-hydrogen) atoms. The van der Waals surface area contributed by atoms with Crippen LogP contribution in [0.2, 0.25) is 0 Å². The summed E-state index contributed by atoms with van der Waals surface area (Å²) in [6.07, 6.45) is 3.69. The first-order valence-corrected chi connectivity index (χ1v) is 6.12. The summed E-state index contributed by atoms with van der Waals surface area (Å²) in [7, 11) is 1.75. The number of nitrogens with zero attached hydrogens (tertiary/aromatic N) is 1. The van der Waals surface area contributed by atoms with Crippen LogP contribution in [-0.4, -0.2) is 43.7 Å². The summed E-state index contributed by atoms with van der Waals surface area (Å²) < 4.78 is 5.35. The Bertz CT molecular complexity index is 280. The Morgan fingerprint density at radius 3 is 3.06 bits per heavy atom. The van der Waals surface area contributed by atoms with E-state index in [0.717, 1.165) is 19.7 Å². The van der Waals surface area contributed by atoms with Gasteiger partial charge in [0, 0.05) is 25.6 Å². The van der Waals surface area contributed by atoms with Gasteiger partial charge in [-0.05, 0) is 25.7 Å². The van der Waals surface area contributed by atoms with E-state index in [-0.39, 0.29) is 17.4 Å². The molecule has 2 N–H and O–H groups in total. The van der Waals surface area contributed by atoms with Gasteiger partial charge in [0.15, 0.2) is 0 Å². The summed E-state index contributed by atoms with van der Waals surface area (Å²) in [5.41, 5.74) is 5.88. The monoisotopic (exact) mass is 226 g/mol. The van der Waals surface area contributed by atoms with Gasteiger partial charge in [-0.3, -0.25) is 4.79 Å². The van der Waals surface area contributed by atoms with Crippen molar-refractivity contribution in [1.82, 2.24) is 4.90 Å². The number of likely N-dealkylation sites (tertiary alicyclic amines) is 1. The van der Waals surface area contributed by atoms with E-state index in [0.29, 0.717) is 5.92 Å². The molecule has 1 heterocycles. The van der Waals surface area contributed by atoms with Gasteiger partial charge in [-0.2, -0.15) is 0 Å². The molecule has 2 aliphatic rings. The summed E-state index contributed by atoms with van der Waals surface area (Å²) in [6.45, 7) is 4.26. The second-order valence-corrected chi connectivity index (χ2v) is 5.39. The molecule has 2 fully saturated rings. The molecular formula is C12H22N2O2. The van der Waals surface area contributed by atoms with E-state index in [4.69, 9.17) is 10.5 Å². The Morgan fingerprint density at radius 1 is 1.69 bits per heavy atom. The van der Waals surface area contributed by atoms with Gasteiger partial charge < -0.3 is 15.4 Å². The molecule has 1 saturated carbocycles. The highest BCUT2D eigenvalue weighted by Crippen LogP contribution is 2.48. The van der Waals surface area contributed by atoms with Crippen LogP contribution in [-0.2, 0) is 9.53 Å². The molecule has 0 aromatic carbocycles. The standard InChI is InChI=1S/C12H22N2O2/c1-9(13)11(15)14-6-10-4-3-5-12(10,7-14)8-16-2/h9-10H,3-8,13H2,1-2H3/t9-,10+,12+/m0/s1. The van der Waals surface area contributed by atoms with Crippen molar-refractivity contribution >= 4 is 5.91 Å². The van der Waals surface area contributed by atoms with Crippen LogP contribution in [0.5, 0.6) is 0 Å². The zero-order valence-electron chi connectivity index (χ0n) is 10.2. The van der Waals surface area contributed by atoms with E-state index in [1.54, 1.807) is 14.0 Å². The first-order valence-electron chi connectivity index (χ1n) is 6.12. The highest BCUT2D eigenvalue weighted by Gasteiger charge is 2.50. The van der Waals surface area contributed by atoms with E-state index < -0.39 is 0 Å². The molecule has 1 amide bonds. The number of carbonyl (C=O) groups is 1. The predicted molar refractivity (Wildman–Crippen MR) is 61.9 cm³/mol. The Balaban J connectivity index is 2.07. The van der Waals surface area contributed by atoms with E-state index in [1.165, 1.54) is 19.3 Å². The van der Waals surface area contributed by atoms with E-state index in [2.05, 4.69) is 0 Å². The third-order valence-electron chi connectivity index (χ3n) is 4.17. The minimum Gasteiger partial charge on any atom is -0.384 e. The smallest absolute Gasteiger partial charge is 0.239 e. The summed E-state index contributed by atoms with van der Waals surface area (Å²) in [6, 6.07) is -0.376. The maximum atomic E-state index is 11.9. The number of ether oxygens (including phenoxy) is 1. The zero-order chi connectivity index (χ0) is 11.8. The molecule has 4 nitrogen and oxygen atoms in total. The Morgan fingerprint density at radius 2 is 2.44 bits per heavy atom. The maximum absolute atomic E-state index is 11.9. The van der Waals surface area contributed by atoms with Crippen molar-refractivity contribution in [1.29, 1.82) is 0 Å². The molecule has 1 saturated heterocycles. The number of amides is 1. The topological polar surface area (TPSA) is 55.6 Å². The molecule has 0 unspecified atom stereocenters. The van der Waals surface area contributed by atoms with Gasteiger partial charge in [0.05, 0.1) is 12.6 Å². The molecule has 0 spiro atoms. The fraction of sp³-hybridized carbons (Fsp3) is 0.917. The Labute approximate surface area is 97.1 Å². The lowest BCUT2D eigenvalue weighted by Gasteiger charge is -2.28. The minimum atomic E-state index is -0.376. The van der Waals surface area contributed by atoms with Gasteiger partial charge in [0.25, 0.3) is 0 Å². The van der Waals surface area contributed by atoms with Crippen molar-refractivity contribution in [2.75, 3.05) is 26.8 Å². The number of rotatable bonds is 3. The molecule has 92 valence electrons. The highest BCUT2D eigenvalue weighted by molar-refractivity contribution is 5.81. The third-order valence-corrected chi connectivity index (χ3v) is 4.17. The van der Waals surface area contributed by atoms with Crippen molar-refractivity contribution in [2.45, 2.75) is 32.2 Å². The normalized spacial score (nSPS) is 35.2. The molecule has 0 bridgehead atoms. The molecular weight excluding hydrogens is 204 g/mol. The van der Waals surface area contributed by atoms with E-state index in [9.17, 15) is 4.79 Å². The molecule has 1 aliphatic heterocycles. The number of hydrogen-bond acceptors (Lipinski definition) is 3. The molecule has 4 heteroatoms. The van der Waals surface area contributed by atoms with Crippen molar-refractivity contribution < 1.29 is 9.53 Å². The van der Waals surface area contributed by atoms with Crippen LogP contribution in [0.4, 0.5) is 0 Å². The Kier molecular flexibility index (Phi) is 3.22. The summed E-state index contributed by atoms with van der Waals surface area (Å²) in [4.78, 5) is 13.8. The van der Waals surface area contributed by atoms with Crippen LogP contribution in [0.3, 0.4) is 0 Å². The first-order chi connectivity index (χ1) is 7.59. The highest BCUT2D eigenvalue weighted by atomic mass is 16.5. The summed E-state index contributed by atoms with van der Waals surface area (Å²) in [5, 5.41) is 0. The fourth-order valence-corrected chi connectivity index (χ4v) is 3.39. The summed E-state index contributed by atoms with van der Waals surface area (Å²) >= 11 is 0.